The fourth-order valence-corrected chi connectivity index (χ4v) is 3.36. The molecule has 2 aromatic rings. The number of para-hydroxylation sites is 1. The second-order valence-electron chi connectivity index (χ2n) is 6.39. The van der Waals surface area contributed by atoms with E-state index in [0.29, 0.717) is 30.5 Å². The summed E-state index contributed by atoms with van der Waals surface area (Å²) >= 11 is 1.37. The van der Waals surface area contributed by atoms with E-state index in [1.807, 2.05) is 18.4 Å². The Morgan fingerprint density at radius 2 is 2.11 bits per heavy atom. The number of rotatable bonds is 5. The van der Waals surface area contributed by atoms with E-state index in [0.717, 1.165) is 25.0 Å². The van der Waals surface area contributed by atoms with E-state index in [2.05, 4.69) is 17.2 Å². The molecule has 2 amide bonds. The average Bonchev–Trinajstić information content (AvgIpc) is 3.33. The minimum Gasteiger partial charge on any atom is -0.410 e. The Hall–Kier alpha value is -2.45. The van der Waals surface area contributed by atoms with Gasteiger partial charge >= 0.3 is 6.09 Å². The van der Waals surface area contributed by atoms with Gasteiger partial charge in [0.2, 0.25) is 5.91 Å². The number of amides is 2. The first-order chi connectivity index (χ1) is 13.5. The van der Waals surface area contributed by atoms with Crippen LogP contribution in [0.3, 0.4) is 0 Å². The summed E-state index contributed by atoms with van der Waals surface area (Å²) in [7, 11) is 0. The molecule has 1 fully saturated rings. The molecule has 8 heteroatoms. The van der Waals surface area contributed by atoms with E-state index in [1.54, 1.807) is 24.3 Å². The van der Waals surface area contributed by atoms with Crippen LogP contribution in [0.25, 0.3) is 0 Å². The zero-order chi connectivity index (χ0) is 20.4. The quantitative estimate of drug-likeness (QED) is 0.789. The van der Waals surface area contributed by atoms with Crippen molar-refractivity contribution in [1.82, 2.24) is 9.88 Å². The number of unbranched alkanes of at least 4 members (excludes halogenated alkanes) is 1. The van der Waals surface area contributed by atoms with Crippen molar-refractivity contribution in [3.8, 4) is 5.75 Å². The van der Waals surface area contributed by atoms with Crippen molar-refractivity contribution in [1.29, 1.82) is 0 Å². The Balaban J connectivity index is 0.000000500. The average molecular weight is 406 g/mol. The number of ether oxygens (including phenoxy) is 1. The molecule has 2 heterocycles. The minimum atomic E-state index is -0.518. The summed E-state index contributed by atoms with van der Waals surface area (Å²) in [5.74, 6) is 0.251. The van der Waals surface area contributed by atoms with Gasteiger partial charge in [0.25, 0.3) is 0 Å². The minimum absolute atomic E-state index is 0.220. The molecule has 0 radical (unpaired) electrons. The maximum atomic E-state index is 12.4. The lowest BCUT2D eigenvalue weighted by molar-refractivity contribution is -0.119. The lowest BCUT2D eigenvalue weighted by Crippen LogP contribution is -2.44. The van der Waals surface area contributed by atoms with Crippen LogP contribution in [0.2, 0.25) is 0 Å². The van der Waals surface area contributed by atoms with Crippen molar-refractivity contribution < 1.29 is 19.4 Å². The summed E-state index contributed by atoms with van der Waals surface area (Å²) in [6.45, 7) is 4.78. The van der Waals surface area contributed by atoms with E-state index in [4.69, 9.17) is 9.84 Å². The van der Waals surface area contributed by atoms with Crippen molar-refractivity contribution in [3.05, 3.63) is 41.4 Å². The molecule has 1 aliphatic rings. The summed E-state index contributed by atoms with van der Waals surface area (Å²) in [6, 6.07) is 8.33. The lowest BCUT2D eigenvalue weighted by atomic mass is 10.2. The van der Waals surface area contributed by atoms with Gasteiger partial charge in [-0.15, -0.1) is 11.3 Å². The number of hydrogen-bond acceptors (Lipinski definition) is 6. The fourth-order valence-electron chi connectivity index (χ4n) is 2.66. The topological polar surface area (TPSA) is 91.8 Å². The molecule has 2 N–H and O–H groups in total. The Bertz CT molecular complexity index is 749. The number of aliphatic hydroxyl groups is 1. The molecule has 0 saturated carbocycles. The van der Waals surface area contributed by atoms with Crippen LogP contribution in [0.4, 0.5) is 9.93 Å². The summed E-state index contributed by atoms with van der Waals surface area (Å²) in [6.07, 6.45) is 2.94. The molecule has 1 aromatic carbocycles. The van der Waals surface area contributed by atoms with Crippen molar-refractivity contribution in [2.24, 2.45) is 0 Å². The summed E-state index contributed by atoms with van der Waals surface area (Å²) in [5, 5.41) is 13.3. The van der Waals surface area contributed by atoms with Gasteiger partial charge < -0.3 is 15.2 Å². The van der Waals surface area contributed by atoms with Gasteiger partial charge in [0.1, 0.15) is 11.8 Å². The van der Waals surface area contributed by atoms with Gasteiger partial charge in [0, 0.05) is 18.5 Å². The second-order valence-corrected chi connectivity index (χ2v) is 7.25. The third-order valence-corrected chi connectivity index (χ3v) is 4.97. The van der Waals surface area contributed by atoms with Crippen LogP contribution in [0.15, 0.2) is 35.7 Å². The molecule has 7 nitrogen and oxygen atoms in total. The van der Waals surface area contributed by atoms with E-state index in [1.165, 1.54) is 16.2 Å². The van der Waals surface area contributed by atoms with Gasteiger partial charge in [-0.05, 0) is 38.3 Å². The first-order valence-corrected chi connectivity index (χ1v) is 10.3. The van der Waals surface area contributed by atoms with Crippen LogP contribution in [0.1, 0.15) is 38.3 Å². The molecule has 0 aliphatic carbocycles. The molecule has 1 aromatic heterocycles. The molecular formula is C20H27N3O4S. The molecule has 1 aliphatic heterocycles. The van der Waals surface area contributed by atoms with Crippen molar-refractivity contribution >= 4 is 28.5 Å². The number of hydrogen-bond donors (Lipinski definition) is 2. The van der Waals surface area contributed by atoms with Crippen LogP contribution >= 0.6 is 11.3 Å². The van der Waals surface area contributed by atoms with E-state index in [9.17, 15) is 9.59 Å². The zero-order valence-corrected chi connectivity index (χ0v) is 17.1. The fraction of sp³-hybridized carbons (Fsp3) is 0.450. The highest BCUT2D eigenvalue weighted by atomic mass is 32.1. The van der Waals surface area contributed by atoms with Gasteiger partial charge in [-0.1, -0.05) is 31.5 Å². The van der Waals surface area contributed by atoms with E-state index < -0.39 is 12.1 Å². The number of aromatic nitrogens is 1. The van der Waals surface area contributed by atoms with Crippen LogP contribution < -0.4 is 10.1 Å². The van der Waals surface area contributed by atoms with Crippen LogP contribution in [0.5, 0.6) is 5.75 Å². The first kappa shape index (κ1) is 21.8. The molecule has 3 rings (SSSR count). The number of carbonyl (C=O) groups excluding carboxylic acids is 2. The van der Waals surface area contributed by atoms with Gasteiger partial charge in [-0.2, -0.15) is 0 Å². The predicted molar refractivity (Wildman–Crippen MR) is 110 cm³/mol. The monoisotopic (exact) mass is 405 g/mol. The van der Waals surface area contributed by atoms with E-state index >= 15 is 0 Å². The Morgan fingerprint density at radius 3 is 2.68 bits per heavy atom. The number of nitrogens with zero attached hydrogens (tertiary/aromatic N) is 2. The van der Waals surface area contributed by atoms with Gasteiger partial charge in [-0.25, -0.2) is 9.78 Å². The Labute approximate surface area is 169 Å². The zero-order valence-electron chi connectivity index (χ0n) is 16.3. The third kappa shape index (κ3) is 6.61. The maximum Gasteiger partial charge on any atom is 0.415 e. The highest BCUT2D eigenvalue weighted by molar-refractivity contribution is 7.13. The van der Waals surface area contributed by atoms with Crippen molar-refractivity contribution in [3.63, 3.8) is 0 Å². The number of benzene rings is 1. The van der Waals surface area contributed by atoms with Crippen LogP contribution in [-0.4, -0.2) is 46.2 Å². The summed E-state index contributed by atoms with van der Waals surface area (Å²) in [5.41, 5.74) is 0.858. The standard InChI is InChI=1S/C16H17N3O3S.C4H10O/c1-11-10-23-15(17-11)18-14(20)13-8-5-9-19(13)16(21)22-12-6-3-2-4-7-12;1-2-3-4-5/h2-4,6-7,10,13H,5,8-9H2,1H3,(H,17,18,20);5H,2-4H2,1H3. The second kappa shape index (κ2) is 11.4. The van der Waals surface area contributed by atoms with Gasteiger partial charge in [-0.3, -0.25) is 9.69 Å². The predicted octanol–water partition coefficient (Wildman–Crippen LogP) is 3.83. The van der Waals surface area contributed by atoms with Crippen LogP contribution in [-0.2, 0) is 4.79 Å². The smallest absolute Gasteiger partial charge is 0.410 e. The number of thiazole rings is 1. The Morgan fingerprint density at radius 1 is 1.36 bits per heavy atom. The summed E-state index contributed by atoms with van der Waals surface area (Å²) in [4.78, 5) is 30.4. The molecule has 0 spiro atoms. The largest absolute Gasteiger partial charge is 0.415 e. The molecule has 1 unspecified atom stereocenters. The molecule has 152 valence electrons. The Kier molecular flexibility index (Phi) is 8.90. The first-order valence-electron chi connectivity index (χ1n) is 9.42. The molecular weight excluding hydrogens is 378 g/mol. The number of carbonyl (C=O) groups is 2. The summed E-state index contributed by atoms with van der Waals surface area (Å²) < 4.78 is 5.33. The lowest BCUT2D eigenvalue weighted by Gasteiger charge is -2.22. The van der Waals surface area contributed by atoms with Crippen molar-refractivity contribution in [2.75, 3.05) is 18.5 Å². The number of anilines is 1. The SMILES string of the molecule is CCCCO.Cc1csc(NC(=O)C2CCCN2C(=O)Oc2ccccc2)n1. The third-order valence-electron chi connectivity index (χ3n) is 4.10. The van der Waals surface area contributed by atoms with Crippen LogP contribution in [0, 0.1) is 6.92 Å². The van der Waals surface area contributed by atoms with Gasteiger partial charge in [0.15, 0.2) is 5.13 Å². The maximum absolute atomic E-state index is 12.4. The van der Waals surface area contributed by atoms with E-state index in [-0.39, 0.29) is 5.91 Å². The molecule has 1 atom stereocenters. The highest BCUT2D eigenvalue weighted by Gasteiger charge is 2.35. The highest BCUT2D eigenvalue weighted by Crippen LogP contribution is 2.22. The molecule has 1 saturated heterocycles. The number of aryl methyl sites for hydroxylation is 1. The number of nitrogens with one attached hydrogen (secondary N) is 1. The number of likely N-dealkylation sites (tertiary alicyclic amines) is 1. The normalized spacial score (nSPS) is 15.5. The number of aliphatic hydroxyl groups excluding tert-OH is 1. The van der Waals surface area contributed by atoms with Crippen molar-refractivity contribution in [2.45, 2.75) is 45.6 Å². The van der Waals surface area contributed by atoms with Gasteiger partial charge in [0.05, 0.1) is 5.69 Å². The molecule has 0 bridgehead atoms. The molecule has 28 heavy (non-hydrogen) atoms.